The summed E-state index contributed by atoms with van der Waals surface area (Å²) in [6.45, 7) is 3.75. The van der Waals surface area contributed by atoms with Gasteiger partial charge in [-0.3, -0.25) is 9.69 Å². The maximum Gasteiger partial charge on any atom is 0.325 e. The van der Waals surface area contributed by atoms with Crippen molar-refractivity contribution in [3.63, 3.8) is 0 Å². The Hall–Kier alpha value is -0.880. The fourth-order valence-electron chi connectivity index (χ4n) is 1.55. The first-order chi connectivity index (χ1) is 7.40. The third-order valence-electron chi connectivity index (χ3n) is 2.38. The third kappa shape index (κ3) is 1.99. The van der Waals surface area contributed by atoms with Crippen LogP contribution in [0.25, 0.3) is 0 Å². The van der Waals surface area contributed by atoms with Crippen molar-refractivity contribution in [3.05, 3.63) is 20.8 Å². The zero-order valence-electron chi connectivity index (χ0n) is 8.91. The highest BCUT2D eigenvalue weighted by Gasteiger charge is 2.44. The molecule has 0 aromatic carbocycles. The van der Waals surface area contributed by atoms with E-state index in [-0.39, 0.29) is 11.9 Å². The van der Waals surface area contributed by atoms with E-state index >= 15 is 0 Å². The molecule has 0 bridgehead atoms. The number of carbonyl (C=O) groups is 2. The lowest BCUT2D eigenvalue weighted by Crippen LogP contribution is -2.40. The molecule has 0 unspecified atom stereocenters. The molecule has 1 aliphatic heterocycles. The number of hydrogen-bond donors (Lipinski definition) is 1. The van der Waals surface area contributed by atoms with Crippen LogP contribution in [0.4, 0.5) is 4.79 Å². The molecule has 0 saturated carbocycles. The van der Waals surface area contributed by atoms with Gasteiger partial charge in [-0.15, -0.1) is 11.3 Å². The molecule has 0 aliphatic carbocycles. The van der Waals surface area contributed by atoms with Gasteiger partial charge in [0.1, 0.15) is 5.54 Å². The molecule has 86 valence electrons. The number of urea groups is 1. The van der Waals surface area contributed by atoms with E-state index in [1.54, 1.807) is 13.8 Å². The summed E-state index contributed by atoms with van der Waals surface area (Å²) >= 11 is 4.86. The molecule has 1 saturated heterocycles. The number of amides is 3. The highest BCUT2D eigenvalue weighted by Crippen LogP contribution is 2.24. The average Bonchev–Trinajstić information content (AvgIpc) is 2.65. The highest BCUT2D eigenvalue weighted by atomic mass is 79.9. The first-order valence-electron chi connectivity index (χ1n) is 4.77. The molecule has 0 radical (unpaired) electrons. The predicted molar refractivity (Wildman–Crippen MR) is 65.2 cm³/mol. The van der Waals surface area contributed by atoms with Gasteiger partial charge in [0.15, 0.2) is 0 Å². The number of hydrogen-bond acceptors (Lipinski definition) is 3. The normalized spacial score (nSPS) is 19.1. The lowest BCUT2D eigenvalue weighted by Gasteiger charge is -2.15. The van der Waals surface area contributed by atoms with E-state index in [2.05, 4.69) is 21.2 Å². The quantitative estimate of drug-likeness (QED) is 0.853. The molecule has 1 aromatic heterocycles. The molecule has 6 heteroatoms. The number of imide groups is 1. The van der Waals surface area contributed by atoms with Crippen LogP contribution in [0.1, 0.15) is 18.7 Å². The van der Waals surface area contributed by atoms with Gasteiger partial charge in [0.2, 0.25) is 0 Å². The van der Waals surface area contributed by atoms with Crippen LogP contribution in [-0.4, -0.2) is 22.4 Å². The minimum Gasteiger partial charge on any atom is -0.324 e. The van der Waals surface area contributed by atoms with Gasteiger partial charge < -0.3 is 5.32 Å². The Labute approximate surface area is 106 Å². The summed E-state index contributed by atoms with van der Waals surface area (Å²) in [5.74, 6) is -0.179. The standard InChI is InChI=1S/C10H11BrN2O2S/c1-10(2)8(14)13(9(15)12-10)4-7-3-6(11)5-16-7/h3,5H,4H2,1-2H3,(H,12,15). The van der Waals surface area contributed by atoms with Crippen molar-refractivity contribution in [1.29, 1.82) is 0 Å². The van der Waals surface area contributed by atoms with E-state index in [0.717, 1.165) is 9.35 Å². The summed E-state index contributed by atoms with van der Waals surface area (Å²) in [6.07, 6.45) is 0. The lowest BCUT2D eigenvalue weighted by molar-refractivity contribution is -0.130. The first kappa shape index (κ1) is 11.6. The highest BCUT2D eigenvalue weighted by molar-refractivity contribution is 9.10. The largest absolute Gasteiger partial charge is 0.325 e. The minimum absolute atomic E-state index is 0.179. The van der Waals surface area contributed by atoms with Crippen molar-refractivity contribution in [2.45, 2.75) is 25.9 Å². The number of thiophene rings is 1. The maximum absolute atomic E-state index is 11.9. The monoisotopic (exact) mass is 302 g/mol. The summed E-state index contributed by atoms with van der Waals surface area (Å²) in [5.41, 5.74) is -0.786. The second-order valence-corrected chi connectivity index (χ2v) is 6.09. The molecule has 2 heterocycles. The Bertz CT molecular complexity index is 455. The minimum atomic E-state index is -0.786. The fraction of sp³-hybridized carbons (Fsp3) is 0.400. The van der Waals surface area contributed by atoms with Crippen LogP contribution >= 0.6 is 27.3 Å². The van der Waals surface area contributed by atoms with Gasteiger partial charge in [0.25, 0.3) is 5.91 Å². The van der Waals surface area contributed by atoms with Gasteiger partial charge in [-0.05, 0) is 35.8 Å². The smallest absolute Gasteiger partial charge is 0.324 e. The molecular weight excluding hydrogens is 292 g/mol. The zero-order chi connectivity index (χ0) is 11.9. The Kier molecular flexibility index (Phi) is 2.79. The fourth-order valence-corrected chi connectivity index (χ4v) is 2.99. The Morgan fingerprint density at radius 2 is 2.19 bits per heavy atom. The lowest BCUT2D eigenvalue weighted by atomic mass is 10.1. The van der Waals surface area contributed by atoms with Gasteiger partial charge in [-0.25, -0.2) is 4.79 Å². The van der Waals surface area contributed by atoms with Crippen LogP contribution in [0, 0.1) is 0 Å². The number of halogens is 1. The number of rotatable bonds is 2. The van der Waals surface area contributed by atoms with Crippen molar-refractivity contribution in [3.8, 4) is 0 Å². The Balaban J connectivity index is 2.17. The molecule has 2 rings (SSSR count). The molecule has 4 nitrogen and oxygen atoms in total. The summed E-state index contributed by atoms with van der Waals surface area (Å²) in [4.78, 5) is 25.7. The molecule has 16 heavy (non-hydrogen) atoms. The molecule has 0 spiro atoms. The Morgan fingerprint density at radius 3 is 2.62 bits per heavy atom. The summed E-state index contributed by atoms with van der Waals surface area (Å²) in [6, 6.07) is 1.59. The van der Waals surface area contributed by atoms with Crippen molar-refractivity contribution >= 4 is 39.2 Å². The van der Waals surface area contributed by atoms with Crippen LogP contribution in [0.3, 0.4) is 0 Å². The van der Waals surface area contributed by atoms with Crippen LogP contribution in [-0.2, 0) is 11.3 Å². The van der Waals surface area contributed by atoms with Crippen LogP contribution in [0.15, 0.2) is 15.9 Å². The van der Waals surface area contributed by atoms with Crippen molar-refractivity contribution in [2.75, 3.05) is 0 Å². The molecule has 1 N–H and O–H groups in total. The van der Waals surface area contributed by atoms with E-state index in [9.17, 15) is 9.59 Å². The predicted octanol–water partition coefficient (Wildman–Crippen LogP) is 2.34. The van der Waals surface area contributed by atoms with Crippen molar-refractivity contribution < 1.29 is 9.59 Å². The van der Waals surface area contributed by atoms with E-state index in [4.69, 9.17) is 0 Å². The summed E-state index contributed by atoms with van der Waals surface area (Å²) in [5, 5.41) is 4.58. The number of nitrogens with zero attached hydrogens (tertiary/aromatic N) is 1. The van der Waals surface area contributed by atoms with E-state index in [1.807, 2.05) is 11.4 Å². The third-order valence-corrected chi connectivity index (χ3v) is 4.06. The summed E-state index contributed by atoms with van der Waals surface area (Å²) in [7, 11) is 0. The van der Waals surface area contributed by atoms with E-state index < -0.39 is 5.54 Å². The number of carbonyl (C=O) groups excluding carboxylic acids is 2. The number of nitrogens with one attached hydrogen (secondary N) is 1. The zero-order valence-corrected chi connectivity index (χ0v) is 11.3. The second-order valence-electron chi connectivity index (χ2n) is 4.18. The molecule has 1 aromatic rings. The molecule has 1 fully saturated rings. The van der Waals surface area contributed by atoms with Gasteiger partial charge in [-0.1, -0.05) is 0 Å². The average molecular weight is 303 g/mol. The second kappa shape index (κ2) is 3.85. The van der Waals surface area contributed by atoms with Crippen molar-refractivity contribution in [2.24, 2.45) is 0 Å². The molecule has 1 aliphatic rings. The van der Waals surface area contributed by atoms with Gasteiger partial charge in [-0.2, -0.15) is 0 Å². The Morgan fingerprint density at radius 1 is 1.50 bits per heavy atom. The van der Waals surface area contributed by atoms with Crippen LogP contribution < -0.4 is 5.32 Å². The maximum atomic E-state index is 11.9. The SMILES string of the molecule is CC1(C)NC(=O)N(Cc2cc(Br)cs2)C1=O. The van der Waals surface area contributed by atoms with E-state index in [1.165, 1.54) is 16.2 Å². The molecule has 0 atom stereocenters. The van der Waals surface area contributed by atoms with Gasteiger partial charge >= 0.3 is 6.03 Å². The summed E-state index contributed by atoms with van der Waals surface area (Å²) < 4.78 is 0.971. The van der Waals surface area contributed by atoms with E-state index in [0.29, 0.717) is 6.54 Å². The van der Waals surface area contributed by atoms with Crippen LogP contribution in [0.5, 0.6) is 0 Å². The van der Waals surface area contributed by atoms with Gasteiger partial charge in [0, 0.05) is 14.7 Å². The van der Waals surface area contributed by atoms with Crippen molar-refractivity contribution in [1.82, 2.24) is 10.2 Å². The topological polar surface area (TPSA) is 49.4 Å². The van der Waals surface area contributed by atoms with Crippen LogP contribution in [0.2, 0.25) is 0 Å². The molecular formula is C10H11BrN2O2S. The first-order valence-corrected chi connectivity index (χ1v) is 6.44. The van der Waals surface area contributed by atoms with Gasteiger partial charge in [0.05, 0.1) is 6.54 Å². The molecule has 3 amide bonds.